The summed E-state index contributed by atoms with van der Waals surface area (Å²) < 4.78 is 1.02. The topological polar surface area (TPSA) is 55.1 Å². The van der Waals surface area contributed by atoms with Gasteiger partial charge >= 0.3 is 0 Å². The Hall–Kier alpha value is -1.52. The maximum Gasteiger partial charge on any atom is 0.248 e. The standard InChI is InChI=1S/C14H12BrClN2O/c15-11-3-1-2-9(6-11)8-18-13-7-10(14(17)19)4-5-12(13)16/h1-7,18H,8H2,(H2,17,19). The van der Waals surface area contributed by atoms with Crippen molar-refractivity contribution in [2.45, 2.75) is 6.54 Å². The Kier molecular flexibility index (Phi) is 4.45. The number of hydrogen-bond donors (Lipinski definition) is 2. The molecule has 19 heavy (non-hydrogen) atoms. The summed E-state index contributed by atoms with van der Waals surface area (Å²) in [5.41, 5.74) is 7.47. The van der Waals surface area contributed by atoms with Crippen molar-refractivity contribution in [3.05, 3.63) is 63.1 Å². The second-order valence-electron chi connectivity index (χ2n) is 4.04. The maximum atomic E-state index is 11.1. The molecule has 0 radical (unpaired) electrons. The third-order valence-corrected chi connectivity index (χ3v) is 3.45. The first-order valence-corrected chi connectivity index (χ1v) is 6.81. The molecule has 0 unspecified atom stereocenters. The number of carbonyl (C=O) groups excluding carboxylic acids is 1. The summed E-state index contributed by atoms with van der Waals surface area (Å²) >= 11 is 9.49. The van der Waals surface area contributed by atoms with Crippen LogP contribution in [0.4, 0.5) is 5.69 Å². The molecule has 0 atom stereocenters. The fourth-order valence-corrected chi connectivity index (χ4v) is 2.29. The van der Waals surface area contributed by atoms with Crippen molar-refractivity contribution in [3.8, 4) is 0 Å². The number of primary amides is 1. The zero-order valence-corrected chi connectivity index (χ0v) is 12.3. The largest absolute Gasteiger partial charge is 0.380 e. The Labute approximate surface area is 124 Å². The molecule has 2 rings (SSSR count). The first-order chi connectivity index (χ1) is 9.06. The van der Waals surface area contributed by atoms with Crippen LogP contribution in [0.15, 0.2) is 46.9 Å². The lowest BCUT2D eigenvalue weighted by Crippen LogP contribution is -2.11. The van der Waals surface area contributed by atoms with Gasteiger partial charge in [0, 0.05) is 16.6 Å². The monoisotopic (exact) mass is 338 g/mol. The Morgan fingerprint density at radius 3 is 2.74 bits per heavy atom. The van der Waals surface area contributed by atoms with Crippen LogP contribution in [-0.4, -0.2) is 5.91 Å². The van der Waals surface area contributed by atoms with E-state index < -0.39 is 5.91 Å². The average molecular weight is 340 g/mol. The van der Waals surface area contributed by atoms with Crippen LogP contribution in [-0.2, 0) is 6.54 Å². The molecule has 3 N–H and O–H groups in total. The van der Waals surface area contributed by atoms with Gasteiger partial charge in [-0.05, 0) is 35.9 Å². The van der Waals surface area contributed by atoms with Crippen LogP contribution >= 0.6 is 27.5 Å². The number of halogens is 2. The van der Waals surface area contributed by atoms with Gasteiger partial charge in [0.1, 0.15) is 0 Å². The van der Waals surface area contributed by atoms with E-state index in [0.29, 0.717) is 22.8 Å². The summed E-state index contributed by atoms with van der Waals surface area (Å²) in [6.07, 6.45) is 0. The van der Waals surface area contributed by atoms with E-state index in [-0.39, 0.29) is 0 Å². The van der Waals surface area contributed by atoms with E-state index in [0.717, 1.165) is 10.0 Å². The van der Waals surface area contributed by atoms with Crippen molar-refractivity contribution < 1.29 is 4.79 Å². The summed E-state index contributed by atoms with van der Waals surface area (Å²) in [6, 6.07) is 12.9. The highest BCUT2D eigenvalue weighted by Gasteiger charge is 2.05. The van der Waals surface area contributed by atoms with Crippen molar-refractivity contribution in [2.75, 3.05) is 5.32 Å². The molecular formula is C14H12BrClN2O. The highest BCUT2D eigenvalue weighted by Crippen LogP contribution is 2.24. The first kappa shape index (κ1) is 13.9. The molecule has 5 heteroatoms. The Morgan fingerprint density at radius 1 is 1.26 bits per heavy atom. The molecule has 2 aromatic rings. The van der Waals surface area contributed by atoms with Crippen LogP contribution in [0.25, 0.3) is 0 Å². The van der Waals surface area contributed by atoms with Gasteiger partial charge in [-0.1, -0.05) is 39.7 Å². The summed E-state index contributed by atoms with van der Waals surface area (Å²) in [6.45, 7) is 0.612. The molecule has 1 amide bonds. The number of hydrogen-bond acceptors (Lipinski definition) is 2. The number of carbonyl (C=O) groups is 1. The van der Waals surface area contributed by atoms with Gasteiger partial charge in [-0.3, -0.25) is 4.79 Å². The summed E-state index contributed by atoms with van der Waals surface area (Å²) in [4.78, 5) is 11.1. The van der Waals surface area contributed by atoms with Crippen molar-refractivity contribution in [2.24, 2.45) is 5.73 Å². The van der Waals surface area contributed by atoms with E-state index in [4.69, 9.17) is 17.3 Å². The SMILES string of the molecule is NC(=O)c1ccc(Cl)c(NCc2cccc(Br)c2)c1. The fraction of sp³-hybridized carbons (Fsp3) is 0.0714. The zero-order chi connectivity index (χ0) is 13.8. The second kappa shape index (κ2) is 6.08. The predicted molar refractivity (Wildman–Crippen MR) is 81.4 cm³/mol. The molecule has 0 fully saturated rings. The lowest BCUT2D eigenvalue weighted by Gasteiger charge is -2.10. The molecule has 98 valence electrons. The molecule has 3 nitrogen and oxygen atoms in total. The number of rotatable bonds is 4. The zero-order valence-electron chi connectivity index (χ0n) is 9.99. The number of anilines is 1. The third-order valence-electron chi connectivity index (χ3n) is 2.62. The van der Waals surface area contributed by atoms with E-state index in [1.807, 2.05) is 24.3 Å². The predicted octanol–water partition coefficient (Wildman–Crippen LogP) is 3.81. The lowest BCUT2D eigenvalue weighted by atomic mass is 10.1. The van der Waals surface area contributed by atoms with Crippen molar-refractivity contribution in [3.63, 3.8) is 0 Å². The minimum Gasteiger partial charge on any atom is -0.380 e. The molecular weight excluding hydrogens is 328 g/mol. The molecule has 0 heterocycles. The quantitative estimate of drug-likeness (QED) is 0.890. The summed E-state index contributed by atoms with van der Waals surface area (Å²) in [5.74, 6) is -0.470. The molecule has 0 aromatic heterocycles. The van der Waals surface area contributed by atoms with Crippen LogP contribution in [0.3, 0.4) is 0 Å². The molecule has 0 aliphatic rings. The summed E-state index contributed by atoms with van der Waals surface area (Å²) in [5, 5.41) is 3.75. The second-order valence-corrected chi connectivity index (χ2v) is 5.37. The molecule has 0 saturated carbocycles. The van der Waals surface area contributed by atoms with Crippen LogP contribution in [0.2, 0.25) is 5.02 Å². The van der Waals surface area contributed by atoms with Crippen molar-refractivity contribution in [1.82, 2.24) is 0 Å². The minimum absolute atomic E-state index is 0.432. The Bertz CT molecular complexity index is 616. The van der Waals surface area contributed by atoms with E-state index in [1.165, 1.54) is 0 Å². The third kappa shape index (κ3) is 3.72. The minimum atomic E-state index is -0.470. The van der Waals surface area contributed by atoms with E-state index in [9.17, 15) is 4.79 Å². The van der Waals surface area contributed by atoms with Crippen LogP contribution in [0.1, 0.15) is 15.9 Å². The molecule has 0 saturated heterocycles. The van der Waals surface area contributed by atoms with Gasteiger partial charge in [-0.25, -0.2) is 0 Å². The number of nitrogens with one attached hydrogen (secondary N) is 1. The highest BCUT2D eigenvalue weighted by molar-refractivity contribution is 9.10. The van der Waals surface area contributed by atoms with Crippen molar-refractivity contribution >= 4 is 39.1 Å². The molecule has 0 aliphatic heterocycles. The smallest absolute Gasteiger partial charge is 0.248 e. The van der Waals surface area contributed by atoms with Gasteiger partial charge in [0.25, 0.3) is 0 Å². The number of benzene rings is 2. The van der Waals surface area contributed by atoms with Crippen LogP contribution in [0.5, 0.6) is 0 Å². The number of nitrogens with two attached hydrogens (primary N) is 1. The summed E-state index contributed by atoms with van der Waals surface area (Å²) in [7, 11) is 0. The van der Waals surface area contributed by atoms with Gasteiger partial charge in [0.05, 0.1) is 10.7 Å². The van der Waals surface area contributed by atoms with Gasteiger partial charge < -0.3 is 11.1 Å². The van der Waals surface area contributed by atoms with E-state index in [1.54, 1.807) is 18.2 Å². The number of amides is 1. The van der Waals surface area contributed by atoms with Crippen LogP contribution in [0, 0.1) is 0 Å². The van der Waals surface area contributed by atoms with Crippen molar-refractivity contribution in [1.29, 1.82) is 0 Å². The Morgan fingerprint density at radius 2 is 2.05 bits per heavy atom. The average Bonchev–Trinajstić information content (AvgIpc) is 2.37. The molecule has 2 aromatic carbocycles. The highest BCUT2D eigenvalue weighted by atomic mass is 79.9. The van der Waals surface area contributed by atoms with Gasteiger partial charge in [0.2, 0.25) is 5.91 Å². The van der Waals surface area contributed by atoms with E-state index in [2.05, 4.69) is 21.2 Å². The fourth-order valence-electron chi connectivity index (χ4n) is 1.66. The Balaban J connectivity index is 2.15. The normalized spacial score (nSPS) is 10.2. The lowest BCUT2D eigenvalue weighted by molar-refractivity contribution is 0.100. The van der Waals surface area contributed by atoms with Gasteiger partial charge in [0.15, 0.2) is 0 Å². The van der Waals surface area contributed by atoms with E-state index >= 15 is 0 Å². The molecule has 0 spiro atoms. The molecule has 0 aliphatic carbocycles. The first-order valence-electron chi connectivity index (χ1n) is 5.64. The van der Waals surface area contributed by atoms with Gasteiger partial charge in [-0.2, -0.15) is 0 Å². The van der Waals surface area contributed by atoms with Gasteiger partial charge in [-0.15, -0.1) is 0 Å². The molecule has 0 bridgehead atoms. The maximum absolute atomic E-state index is 11.1. The van der Waals surface area contributed by atoms with Crippen LogP contribution < -0.4 is 11.1 Å².